The van der Waals surface area contributed by atoms with E-state index in [0.717, 1.165) is 32.5 Å². The van der Waals surface area contributed by atoms with Crippen molar-refractivity contribution < 1.29 is 4.79 Å². The number of hydrogen-bond donors (Lipinski definition) is 1. The van der Waals surface area contributed by atoms with Gasteiger partial charge in [0.1, 0.15) is 0 Å². The van der Waals surface area contributed by atoms with Crippen molar-refractivity contribution in [1.29, 1.82) is 0 Å². The SMILES string of the molecule is CCC(CC(=O)N1CCCC(CNC)C1)c1ccc(C)cc1. The Bertz CT molecular complexity index is 467. The third kappa shape index (κ3) is 4.57. The molecule has 0 spiro atoms. The fourth-order valence-electron chi connectivity index (χ4n) is 3.42. The van der Waals surface area contributed by atoms with Gasteiger partial charge in [-0.3, -0.25) is 4.79 Å². The van der Waals surface area contributed by atoms with E-state index in [2.05, 4.69) is 48.3 Å². The lowest BCUT2D eigenvalue weighted by Crippen LogP contribution is -2.42. The smallest absolute Gasteiger partial charge is 0.223 e. The van der Waals surface area contributed by atoms with Gasteiger partial charge in [-0.15, -0.1) is 0 Å². The Labute approximate surface area is 135 Å². The van der Waals surface area contributed by atoms with Gasteiger partial charge in [-0.2, -0.15) is 0 Å². The summed E-state index contributed by atoms with van der Waals surface area (Å²) in [5.41, 5.74) is 2.57. The van der Waals surface area contributed by atoms with Gasteiger partial charge in [0.15, 0.2) is 0 Å². The van der Waals surface area contributed by atoms with E-state index in [0.29, 0.717) is 24.2 Å². The van der Waals surface area contributed by atoms with Crippen LogP contribution in [0.15, 0.2) is 24.3 Å². The molecule has 22 heavy (non-hydrogen) atoms. The van der Waals surface area contributed by atoms with Gasteiger partial charge < -0.3 is 10.2 Å². The first-order valence-corrected chi connectivity index (χ1v) is 8.63. The Kier molecular flexibility index (Phi) is 6.44. The minimum atomic E-state index is 0.327. The summed E-state index contributed by atoms with van der Waals surface area (Å²) in [4.78, 5) is 14.7. The molecule has 1 aliphatic rings. The zero-order valence-corrected chi connectivity index (χ0v) is 14.3. The summed E-state index contributed by atoms with van der Waals surface area (Å²) < 4.78 is 0. The molecule has 0 aromatic heterocycles. The normalized spacial score (nSPS) is 20.0. The van der Waals surface area contributed by atoms with Gasteiger partial charge in [0.25, 0.3) is 0 Å². The number of carbonyl (C=O) groups excluding carboxylic acids is 1. The standard InChI is InChI=1S/C19H30N2O/c1-4-17(18-9-7-15(2)8-10-18)12-19(22)21-11-5-6-16(14-21)13-20-3/h7-10,16-17,20H,4-6,11-14H2,1-3H3. The lowest BCUT2D eigenvalue weighted by atomic mass is 9.91. The number of hydrogen-bond acceptors (Lipinski definition) is 2. The summed E-state index contributed by atoms with van der Waals surface area (Å²) in [7, 11) is 1.99. The number of amides is 1. The third-order valence-electron chi connectivity index (χ3n) is 4.83. The fraction of sp³-hybridized carbons (Fsp3) is 0.632. The molecule has 1 amide bonds. The number of rotatable bonds is 6. The van der Waals surface area contributed by atoms with Crippen LogP contribution in [0.25, 0.3) is 0 Å². The Morgan fingerprint density at radius 3 is 2.73 bits per heavy atom. The zero-order valence-electron chi connectivity index (χ0n) is 14.3. The topological polar surface area (TPSA) is 32.3 Å². The average molecular weight is 302 g/mol. The van der Waals surface area contributed by atoms with Gasteiger partial charge in [-0.05, 0) is 57.2 Å². The monoisotopic (exact) mass is 302 g/mol. The predicted octanol–water partition coefficient (Wildman–Crippen LogP) is 3.34. The maximum Gasteiger partial charge on any atom is 0.223 e. The summed E-state index contributed by atoms with van der Waals surface area (Å²) in [5.74, 6) is 1.29. The number of nitrogens with one attached hydrogen (secondary N) is 1. The quantitative estimate of drug-likeness (QED) is 0.874. The van der Waals surface area contributed by atoms with Gasteiger partial charge in [-0.1, -0.05) is 36.8 Å². The van der Waals surface area contributed by atoms with Gasteiger partial charge in [0.2, 0.25) is 5.91 Å². The second kappa shape index (κ2) is 8.33. The average Bonchev–Trinajstić information content (AvgIpc) is 2.54. The van der Waals surface area contributed by atoms with E-state index < -0.39 is 0 Å². The second-order valence-electron chi connectivity index (χ2n) is 6.63. The van der Waals surface area contributed by atoms with Gasteiger partial charge in [0.05, 0.1) is 0 Å². The highest BCUT2D eigenvalue weighted by molar-refractivity contribution is 5.77. The number of likely N-dealkylation sites (tertiary alicyclic amines) is 1. The maximum absolute atomic E-state index is 12.7. The van der Waals surface area contributed by atoms with Crippen LogP contribution in [0.3, 0.4) is 0 Å². The Morgan fingerprint density at radius 1 is 1.36 bits per heavy atom. The lowest BCUT2D eigenvalue weighted by Gasteiger charge is -2.33. The van der Waals surface area contributed by atoms with Crippen LogP contribution in [0.2, 0.25) is 0 Å². The van der Waals surface area contributed by atoms with Crippen LogP contribution in [0, 0.1) is 12.8 Å². The molecule has 2 atom stereocenters. The molecule has 2 unspecified atom stereocenters. The van der Waals surface area contributed by atoms with Crippen molar-refractivity contribution in [2.45, 2.75) is 45.4 Å². The highest BCUT2D eigenvalue weighted by Gasteiger charge is 2.25. The van der Waals surface area contributed by atoms with Crippen molar-refractivity contribution in [2.24, 2.45) is 5.92 Å². The first kappa shape index (κ1) is 17.0. The minimum absolute atomic E-state index is 0.327. The van der Waals surface area contributed by atoms with Gasteiger partial charge in [-0.25, -0.2) is 0 Å². The van der Waals surface area contributed by atoms with Crippen molar-refractivity contribution in [3.05, 3.63) is 35.4 Å². The van der Waals surface area contributed by atoms with E-state index in [1.54, 1.807) is 0 Å². The molecule has 0 aliphatic carbocycles. The van der Waals surface area contributed by atoms with E-state index in [-0.39, 0.29) is 0 Å². The Morgan fingerprint density at radius 2 is 2.09 bits per heavy atom. The van der Waals surface area contributed by atoms with Crippen molar-refractivity contribution in [3.8, 4) is 0 Å². The van der Waals surface area contributed by atoms with E-state index in [1.807, 2.05) is 7.05 Å². The van der Waals surface area contributed by atoms with Gasteiger partial charge >= 0.3 is 0 Å². The number of carbonyl (C=O) groups is 1. The lowest BCUT2D eigenvalue weighted by molar-refractivity contribution is -0.133. The molecule has 122 valence electrons. The number of piperidine rings is 1. The summed E-state index contributed by atoms with van der Waals surface area (Å²) in [6.07, 6.45) is 4.04. The highest BCUT2D eigenvalue weighted by Crippen LogP contribution is 2.26. The number of nitrogens with zero attached hydrogens (tertiary/aromatic N) is 1. The van der Waals surface area contributed by atoms with E-state index in [4.69, 9.17) is 0 Å². The molecule has 1 aliphatic heterocycles. The first-order chi connectivity index (χ1) is 10.6. The maximum atomic E-state index is 12.7. The Hall–Kier alpha value is -1.35. The number of benzene rings is 1. The summed E-state index contributed by atoms with van der Waals surface area (Å²) in [6, 6.07) is 8.65. The Balaban J connectivity index is 1.95. The third-order valence-corrected chi connectivity index (χ3v) is 4.83. The highest BCUT2D eigenvalue weighted by atomic mass is 16.2. The molecule has 1 aromatic rings. The molecule has 2 rings (SSSR count). The van der Waals surface area contributed by atoms with Crippen molar-refractivity contribution in [1.82, 2.24) is 10.2 Å². The van der Waals surface area contributed by atoms with Crippen LogP contribution < -0.4 is 5.32 Å². The fourth-order valence-corrected chi connectivity index (χ4v) is 3.42. The van der Waals surface area contributed by atoms with Crippen molar-refractivity contribution in [3.63, 3.8) is 0 Å². The van der Waals surface area contributed by atoms with Crippen LogP contribution in [0.4, 0.5) is 0 Å². The minimum Gasteiger partial charge on any atom is -0.342 e. The van der Waals surface area contributed by atoms with E-state index in [9.17, 15) is 4.79 Å². The van der Waals surface area contributed by atoms with E-state index >= 15 is 0 Å². The van der Waals surface area contributed by atoms with Crippen LogP contribution in [0.5, 0.6) is 0 Å². The molecule has 0 radical (unpaired) electrons. The molecule has 1 fully saturated rings. The van der Waals surface area contributed by atoms with E-state index in [1.165, 1.54) is 17.5 Å². The first-order valence-electron chi connectivity index (χ1n) is 8.63. The molecule has 3 heteroatoms. The van der Waals surface area contributed by atoms with Crippen LogP contribution >= 0.6 is 0 Å². The molecule has 0 bridgehead atoms. The number of aryl methyl sites for hydroxylation is 1. The summed E-state index contributed by atoms with van der Waals surface area (Å²) in [6.45, 7) is 7.15. The molecule has 1 N–H and O–H groups in total. The summed E-state index contributed by atoms with van der Waals surface area (Å²) >= 11 is 0. The van der Waals surface area contributed by atoms with Crippen LogP contribution in [-0.4, -0.2) is 37.5 Å². The molecular formula is C19H30N2O. The second-order valence-corrected chi connectivity index (χ2v) is 6.63. The molecule has 3 nitrogen and oxygen atoms in total. The molecule has 1 saturated heterocycles. The molecule has 0 saturated carbocycles. The molecule has 1 aromatic carbocycles. The van der Waals surface area contributed by atoms with Gasteiger partial charge in [0, 0.05) is 19.5 Å². The van der Waals surface area contributed by atoms with Crippen molar-refractivity contribution >= 4 is 5.91 Å². The van der Waals surface area contributed by atoms with Crippen molar-refractivity contribution in [2.75, 3.05) is 26.7 Å². The molecular weight excluding hydrogens is 272 g/mol. The summed E-state index contributed by atoms with van der Waals surface area (Å²) in [5, 5.41) is 3.24. The largest absolute Gasteiger partial charge is 0.342 e. The van der Waals surface area contributed by atoms with Crippen LogP contribution in [-0.2, 0) is 4.79 Å². The molecule has 1 heterocycles. The zero-order chi connectivity index (χ0) is 15.9. The van der Waals surface area contributed by atoms with Crippen LogP contribution in [0.1, 0.15) is 49.7 Å². The predicted molar refractivity (Wildman–Crippen MR) is 92.1 cm³/mol.